The van der Waals surface area contributed by atoms with E-state index in [4.69, 9.17) is 4.74 Å². The molecule has 0 atom stereocenters. The van der Waals surface area contributed by atoms with Crippen molar-refractivity contribution in [3.05, 3.63) is 53.3 Å². The molecule has 3 heterocycles. The Labute approximate surface area is 181 Å². The molecule has 4 rings (SSSR count). The molecule has 11 heteroatoms. The van der Waals surface area contributed by atoms with E-state index < -0.39 is 18.0 Å². The van der Waals surface area contributed by atoms with Gasteiger partial charge in [-0.15, -0.1) is 15.3 Å². The molecule has 0 N–H and O–H groups in total. The maximum absolute atomic E-state index is 13.1. The number of carbonyl (C=O) groups excluding carboxylic acids is 2. The predicted octanol–water partition coefficient (Wildman–Crippen LogP) is 3.09. The maximum Gasteiger partial charge on any atom is 0.453 e. The van der Waals surface area contributed by atoms with Crippen molar-refractivity contribution in [2.24, 2.45) is 5.92 Å². The van der Waals surface area contributed by atoms with Crippen molar-refractivity contribution in [3.8, 4) is 0 Å². The van der Waals surface area contributed by atoms with E-state index in [2.05, 4.69) is 15.3 Å². The van der Waals surface area contributed by atoms with Crippen LogP contribution in [0.15, 0.2) is 36.4 Å². The van der Waals surface area contributed by atoms with E-state index in [1.165, 1.54) is 6.07 Å². The van der Waals surface area contributed by atoms with Gasteiger partial charge in [-0.25, -0.2) is 0 Å². The molecule has 8 nitrogen and oxygen atoms in total. The molecule has 1 aromatic carbocycles. The minimum atomic E-state index is -4.67. The molecule has 1 aliphatic heterocycles. The number of aromatic nitrogens is 4. The Morgan fingerprint density at radius 1 is 1.06 bits per heavy atom. The number of fused-ring (bicyclic) bond motifs is 1. The summed E-state index contributed by atoms with van der Waals surface area (Å²) in [6.45, 7) is 2.41. The largest absolute Gasteiger partial charge is 0.457 e. The molecule has 0 amide bonds. The van der Waals surface area contributed by atoms with Crippen LogP contribution in [-0.4, -0.2) is 51.3 Å². The molecular weight excluding hydrogens is 427 g/mol. The lowest BCUT2D eigenvalue weighted by Gasteiger charge is -2.31. The number of anilines is 1. The molecule has 0 bridgehead atoms. The van der Waals surface area contributed by atoms with Gasteiger partial charge in [0.25, 0.3) is 5.82 Å². The summed E-state index contributed by atoms with van der Waals surface area (Å²) in [6, 6.07) is 9.99. The van der Waals surface area contributed by atoms with Gasteiger partial charge in [-0.1, -0.05) is 29.8 Å². The molecule has 3 aromatic rings. The Morgan fingerprint density at radius 3 is 2.41 bits per heavy atom. The van der Waals surface area contributed by atoms with Crippen molar-refractivity contribution in [1.29, 1.82) is 0 Å². The SMILES string of the molecule is Cc1ccc(C(=O)COC(=O)C2CCN(c3ccc4nnc(C(F)(F)F)n4n3)CC2)cc1. The van der Waals surface area contributed by atoms with Gasteiger partial charge in [-0.3, -0.25) is 9.59 Å². The van der Waals surface area contributed by atoms with E-state index in [1.54, 1.807) is 23.1 Å². The van der Waals surface area contributed by atoms with E-state index >= 15 is 0 Å². The molecular formula is C21H20F3N5O3. The zero-order valence-corrected chi connectivity index (χ0v) is 17.2. The van der Waals surface area contributed by atoms with Crippen LogP contribution in [0.25, 0.3) is 5.65 Å². The second-order valence-corrected chi connectivity index (χ2v) is 7.64. The topological polar surface area (TPSA) is 89.7 Å². The highest BCUT2D eigenvalue weighted by Gasteiger charge is 2.38. The fourth-order valence-electron chi connectivity index (χ4n) is 3.55. The smallest absolute Gasteiger partial charge is 0.453 e. The van der Waals surface area contributed by atoms with E-state index in [-0.39, 0.29) is 24.0 Å². The number of Topliss-reactive ketones (excluding diaryl/α,β-unsaturated/α-hetero) is 1. The quantitative estimate of drug-likeness (QED) is 0.439. The van der Waals surface area contributed by atoms with Crippen LogP contribution in [0.3, 0.4) is 0 Å². The van der Waals surface area contributed by atoms with Crippen LogP contribution >= 0.6 is 0 Å². The zero-order valence-electron chi connectivity index (χ0n) is 17.2. The Kier molecular flexibility index (Phi) is 5.81. The second kappa shape index (κ2) is 8.56. The number of rotatable bonds is 5. The summed E-state index contributed by atoms with van der Waals surface area (Å²) in [5.74, 6) is -1.97. The van der Waals surface area contributed by atoms with E-state index in [1.807, 2.05) is 19.1 Å². The number of hydrogen-bond donors (Lipinski definition) is 0. The van der Waals surface area contributed by atoms with Crippen LogP contribution in [0.2, 0.25) is 0 Å². The van der Waals surface area contributed by atoms with Gasteiger partial charge in [-0.05, 0) is 31.9 Å². The number of carbonyl (C=O) groups is 2. The number of nitrogens with zero attached hydrogens (tertiary/aromatic N) is 5. The van der Waals surface area contributed by atoms with Gasteiger partial charge in [0.05, 0.1) is 5.92 Å². The Bertz CT molecular complexity index is 1140. The summed E-state index contributed by atoms with van der Waals surface area (Å²) in [7, 11) is 0. The molecule has 0 radical (unpaired) electrons. The highest BCUT2D eigenvalue weighted by molar-refractivity contribution is 5.98. The third-order valence-corrected chi connectivity index (χ3v) is 5.37. The number of esters is 1. The fraction of sp³-hybridized carbons (Fsp3) is 0.381. The number of ether oxygens (including phenoxy) is 1. The monoisotopic (exact) mass is 447 g/mol. The van der Waals surface area contributed by atoms with E-state index in [0.717, 1.165) is 5.56 Å². The zero-order chi connectivity index (χ0) is 22.9. The molecule has 2 aromatic heterocycles. The van der Waals surface area contributed by atoms with Gasteiger partial charge in [0.1, 0.15) is 5.82 Å². The van der Waals surface area contributed by atoms with Crippen LogP contribution in [0.1, 0.15) is 34.6 Å². The molecule has 1 saturated heterocycles. The van der Waals surface area contributed by atoms with Crippen LogP contribution in [0.5, 0.6) is 0 Å². The first-order valence-corrected chi connectivity index (χ1v) is 10.0. The molecule has 168 valence electrons. The summed E-state index contributed by atoms with van der Waals surface area (Å²) in [6.07, 6.45) is -3.80. The van der Waals surface area contributed by atoms with Crippen molar-refractivity contribution in [2.45, 2.75) is 25.9 Å². The third kappa shape index (κ3) is 4.56. The third-order valence-electron chi connectivity index (χ3n) is 5.37. The highest BCUT2D eigenvalue weighted by atomic mass is 19.4. The van der Waals surface area contributed by atoms with Gasteiger partial charge in [0.15, 0.2) is 18.0 Å². The van der Waals surface area contributed by atoms with Gasteiger partial charge in [-0.2, -0.15) is 17.7 Å². The summed E-state index contributed by atoms with van der Waals surface area (Å²) in [5, 5.41) is 10.7. The van der Waals surface area contributed by atoms with Crippen LogP contribution in [-0.2, 0) is 15.7 Å². The van der Waals surface area contributed by atoms with Gasteiger partial charge >= 0.3 is 12.1 Å². The van der Waals surface area contributed by atoms with Crippen LogP contribution in [0.4, 0.5) is 19.0 Å². The first-order chi connectivity index (χ1) is 15.2. The highest BCUT2D eigenvalue weighted by Crippen LogP contribution is 2.29. The van der Waals surface area contributed by atoms with Crippen molar-refractivity contribution in [3.63, 3.8) is 0 Å². The molecule has 1 fully saturated rings. The summed E-state index contributed by atoms with van der Waals surface area (Å²) >= 11 is 0. The molecule has 0 aliphatic carbocycles. The van der Waals surface area contributed by atoms with Crippen molar-refractivity contribution < 1.29 is 27.5 Å². The number of alkyl halides is 3. The van der Waals surface area contributed by atoms with Gasteiger partial charge in [0, 0.05) is 18.7 Å². The Hall–Kier alpha value is -3.50. The minimum Gasteiger partial charge on any atom is -0.457 e. The molecule has 0 unspecified atom stereocenters. The molecule has 0 spiro atoms. The lowest BCUT2D eigenvalue weighted by Crippen LogP contribution is -2.38. The standard InChI is InChI=1S/C21H20F3N5O3/c1-13-2-4-14(5-3-13)16(30)12-32-19(31)15-8-10-28(11-9-15)18-7-6-17-25-26-20(21(22,23)24)29(17)27-18/h2-7,15H,8-12H2,1H3. The number of piperidine rings is 1. The normalized spacial score (nSPS) is 15.2. The van der Waals surface area contributed by atoms with E-state index in [0.29, 0.717) is 41.8 Å². The number of halogens is 3. The molecule has 0 saturated carbocycles. The minimum absolute atomic E-state index is 0.00205. The average molecular weight is 447 g/mol. The number of aryl methyl sites for hydroxylation is 1. The predicted molar refractivity (Wildman–Crippen MR) is 107 cm³/mol. The van der Waals surface area contributed by atoms with E-state index in [9.17, 15) is 22.8 Å². The summed E-state index contributed by atoms with van der Waals surface area (Å²) in [5.41, 5.74) is 1.50. The first-order valence-electron chi connectivity index (χ1n) is 10.0. The lowest BCUT2D eigenvalue weighted by atomic mass is 9.97. The fourth-order valence-corrected chi connectivity index (χ4v) is 3.55. The molecule has 1 aliphatic rings. The summed E-state index contributed by atoms with van der Waals surface area (Å²) in [4.78, 5) is 26.3. The van der Waals surface area contributed by atoms with Crippen LogP contribution < -0.4 is 4.90 Å². The molecule has 32 heavy (non-hydrogen) atoms. The van der Waals surface area contributed by atoms with Crippen molar-refractivity contribution in [1.82, 2.24) is 19.8 Å². The number of hydrogen-bond acceptors (Lipinski definition) is 7. The average Bonchev–Trinajstić information content (AvgIpc) is 3.22. The summed E-state index contributed by atoms with van der Waals surface area (Å²) < 4.78 is 45.1. The Morgan fingerprint density at radius 2 is 1.75 bits per heavy atom. The lowest BCUT2D eigenvalue weighted by molar-refractivity contribution is -0.148. The number of benzene rings is 1. The van der Waals surface area contributed by atoms with Crippen LogP contribution in [0, 0.1) is 12.8 Å². The first kappa shape index (κ1) is 21.7. The van der Waals surface area contributed by atoms with Gasteiger partial charge < -0.3 is 9.64 Å². The number of ketones is 1. The Balaban J connectivity index is 1.34. The van der Waals surface area contributed by atoms with Crippen molar-refractivity contribution >= 4 is 23.2 Å². The maximum atomic E-state index is 13.1. The van der Waals surface area contributed by atoms with Crippen molar-refractivity contribution in [2.75, 3.05) is 24.6 Å². The van der Waals surface area contributed by atoms with Gasteiger partial charge in [0.2, 0.25) is 0 Å². The second-order valence-electron chi connectivity index (χ2n) is 7.64.